The van der Waals surface area contributed by atoms with Gasteiger partial charge in [0.1, 0.15) is 11.6 Å². The first-order valence-electron chi connectivity index (χ1n) is 7.97. The van der Waals surface area contributed by atoms with Gasteiger partial charge in [-0.2, -0.15) is 0 Å². The van der Waals surface area contributed by atoms with E-state index in [-0.39, 0.29) is 29.6 Å². The fourth-order valence-corrected chi connectivity index (χ4v) is 3.22. The van der Waals surface area contributed by atoms with Crippen LogP contribution in [0.1, 0.15) is 53.5 Å². The van der Waals surface area contributed by atoms with E-state index >= 15 is 0 Å². The van der Waals surface area contributed by atoms with Crippen molar-refractivity contribution in [1.82, 2.24) is 9.97 Å². The number of ketones is 1. The molecule has 0 radical (unpaired) electrons. The molecule has 1 aliphatic carbocycles. The Morgan fingerprint density at radius 3 is 2.75 bits per heavy atom. The molecule has 1 aliphatic rings. The third kappa shape index (κ3) is 3.09. The Balaban J connectivity index is 2.02. The van der Waals surface area contributed by atoms with Gasteiger partial charge in [-0.3, -0.25) is 4.79 Å². The first kappa shape index (κ1) is 16.4. The van der Waals surface area contributed by atoms with Gasteiger partial charge in [0.25, 0.3) is 0 Å². The SMILES string of the molecule is Cc1nc(N)nc2c1C(=O)CC(c1ccc(F)cc1OC(C)C)C2. The molecule has 1 heterocycles. The maximum absolute atomic E-state index is 13.6. The van der Waals surface area contributed by atoms with Crippen molar-refractivity contribution in [2.24, 2.45) is 0 Å². The number of nitrogens with zero attached hydrogens (tertiary/aromatic N) is 2. The van der Waals surface area contributed by atoms with Crippen LogP contribution in [0, 0.1) is 12.7 Å². The van der Waals surface area contributed by atoms with E-state index in [1.165, 1.54) is 12.1 Å². The Morgan fingerprint density at radius 1 is 1.29 bits per heavy atom. The summed E-state index contributed by atoms with van der Waals surface area (Å²) >= 11 is 0. The Labute approximate surface area is 140 Å². The van der Waals surface area contributed by atoms with Gasteiger partial charge in [-0.1, -0.05) is 6.07 Å². The molecular formula is C18H20FN3O2. The Hall–Kier alpha value is -2.50. The molecular weight excluding hydrogens is 309 g/mol. The summed E-state index contributed by atoms with van der Waals surface area (Å²) in [6.45, 7) is 5.53. The molecule has 0 saturated heterocycles. The molecule has 0 fully saturated rings. The normalized spacial score (nSPS) is 17.0. The van der Waals surface area contributed by atoms with Crippen LogP contribution in [0.3, 0.4) is 0 Å². The first-order valence-corrected chi connectivity index (χ1v) is 7.97. The van der Waals surface area contributed by atoms with Crippen LogP contribution in [-0.4, -0.2) is 21.9 Å². The molecule has 1 unspecified atom stereocenters. The number of carbonyl (C=O) groups is 1. The molecule has 2 N–H and O–H groups in total. The number of rotatable bonds is 3. The Bertz CT molecular complexity index is 805. The van der Waals surface area contributed by atoms with E-state index in [1.807, 2.05) is 13.8 Å². The van der Waals surface area contributed by atoms with E-state index in [0.717, 1.165) is 5.56 Å². The minimum atomic E-state index is -0.362. The third-order valence-electron chi connectivity index (χ3n) is 4.11. The van der Waals surface area contributed by atoms with Crippen molar-refractivity contribution in [3.8, 4) is 5.75 Å². The van der Waals surface area contributed by atoms with Crippen LogP contribution in [-0.2, 0) is 6.42 Å². The van der Waals surface area contributed by atoms with E-state index in [4.69, 9.17) is 10.5 Å². The van der Waals surface area contributed by atoms with Gasteiger partial charge in [0.05, 0.1) is 23.1 Å². The van der Waals surface area contributed by atoms with E-state index in [2.05, 4.69) is 9.97 Å². The second-order valence-electron chi connectivity index (χ2n) is 6.37. The summed E-state index contributed by atoms with van der Waals surface area (Å²) < 4.78 is 19.3. The topological polar surface area (TPSA) is 78.1 Å². The molecule has 5 nitrogen and oxygen atoms in total. The monoisotopic (exact) mass is 329 g/mol. The van der Waals surface area contributed by atoms with Crippen LogP contribution in [0.25, 0.3) is 0 Å². The van der Waals surface area contributed by atoms with Gasteiger partial charge in [-0.05, 0) is 38.8 Å². The number of nitrogens with two attached hydrogens (primary N) is 1. The van der Waals surface area contributed by atoms with E-state index in [0.29, 0.717) is 35.5 Å². The summed E-state index contributed by atoms with van der Waals surface area (Å²) in [4.78, 5) is 20.9. The van der Waals surface area contributed by atoms with Gasteiger partial charge in [-0.25, -0.2) is 14.4 Å². The number of benzene rings is 1. The first-order chi connectivity index (χ1) is 11.3. The molecule has 3 rings (SSSR count). The van der Waals surface area contributed by atoms with Crippen LogP contribution in [0.2, 0.25) is 0 Å². The number of fused-ring (bicyclic) bond motifs is 1. The molecule has 0 spiro atoms. The highest BCUT2D eigenvalue weighted by Crippen LogP contribution is 2.37. The predicted octanol–water partition coefficient (Wildman–Crippen LogP) is 3.21. The average Bonchev–Trinajstić information content (AvgIpc) is 2.45. The number of halogens is 1. The van der Waals surface area contributed by atoms with Crippen molar-refractivity contribution >= 4 is 11.7 Å². The fraction of sp³-hybridized carbons (Fsp3) is 0.389. The number of anilines is 1. The van der Waals surface area contributed by atoms with Crippen molar-refractivity contribution in [3.63, 3.8) is 0 Å². The zero-order valence-electron chi connectivity index (χ0n) is 14.0. The number of carbonyl (C=O) groups excluding carboxylic acids is 1. The standard InChI is InChI=1S/C18H20FN3O2/c1-9(2)24-16-8-12(19)4-5-13(16)11-6-14-17(15(23)7-11)10(3)21-18(20)22-14/h4-5,8-9,11H,6-7H2,1-3H3,(H2,20,21,22). The molecule has 24 heavy (non-hydrogen) atoms. The van der Waals surface area contributed by atoms with Crippen LogP contribution >= 0.6 is 0 Å². The van der Waals surface area contributed by atoms with Crippen LogP contribution in [0.4, 0.5) is 10.3 Å². The van der Waals surface area contributed by atoms with Gasteiger partial charge in [0, 0.05) is 18.4 Å². The number of hydrogen-bond acceptors (Lipinski definition) is 5. The minimum Gasteiger partial charge on any atom is -0.491 e. The smallest absolute Gasteiger partial charge is 0.220 e. The highest BCUT2D eigenvalue weighted by molar-refractivity contribution is 5.99. The fourth-order valence-electron chi connectivity index (χ4n) is 3.22. The molecule has 1 atom stereocenters. The molecule has 0 saturated carbocycles. The van der Waals surface area contributed by atoms with E-state index < -0.39 is 0 Å². The summed E-state index contributed by atoms with van der Waals surface area (Å²) in [6.07, 6.45) is 0.785. The molecule has 0 amide bonds. The van der Waals surface area contributed by atoms with E-state index in [9.17, 15) is 9.18 Å². The predicted molar refractivity (Wildman–Crippen MR) is 88.7 cm³/mol. The molecule has 0 aliphatic heterocycles. The van der Waals surface area contributed by atoms with Crippen LogP contribution < -0.4 is 10.5 Å². The Morgan fingerprint density at radius 2 is 2.04 bits per heavy atom. The van der Waals surface area contributed by atoms with Gasteiger partial charge < -0.3 is 10.5 Å². The van der Waals surface area contributed by atoms with Crippen molar-refractivity contribution in [1.29, 1.82) is 0 Å². The largest absolute Gasteiger partial charge is 0.491 e. The zero-order chi connectivity index (χ0) is 17.4. The average molecular weight is 329 g/mol. The molecule has 1 aromatic carbocycles. The van der Waals surface area contributed by atoms with Gasteiger partial charge >= 0.3 is 0 Å². The molecule has 2 aromatic rings. The minimum absolute atomic E-state index is 0.0152. The van der Waals surface area contributed by atoms with Crippen molar-refractivity contribution in [2.45, 2.75) is 45.6 Å². The maximum atomic E-state index is 13.6. The van der Waals surface area contributed by atoms with Gasteiger partial charge in [-0.15, -0.1) is 0 Å². The molecule has 1 aromatic heterocycles. The maximum Gasteiger partial charge on any atom is 0.220 e. The summed E-state index contributed by atoms with van der Waals surface area (Å²) in [6, 6.07) is 4.45. The van der Waals surface area contributed by atoms with Gasteiger partial charge in [0.2, 0.25) is 5.95 Å². The number of hydrogen-bond donors (Lipinski definition) is 1. The van der Waals surface area contributed by atoms with Crippen LogP contribution in [0.15, 0.2) is 18.2 Å². The number of Topliss-reactive ketones (excluding diaryl/α,β-unsaturated/α-hetero) is 1. The van der Waals surface area contributed by atoms with Crippen molar-refractivity contribution in [3.05, 3.63) is 46.5 Å². The quantitative estimate of drug-likeness (QED) is 0.935. The lowest BCUT2D eigenvalue weighted by Crippen LogP contribution is -2.23. The zero-order valence-corrected chi connectivity index (χ0v) is 14.0. The van der Waals surface area contributed by atoms with E-state index in [1.54, 1.807) is 13.0 Å². The third-order valence-corrected chi connectivity index (χ3v) is 4.11. The molecule has 126 valence electrons. The molecule has 6 heteroatoms. The highest BCUT2D eigenvalue weighted by atomic mass is 19.1. The summed E-state index contributed by atoms with van der Waals surface area (Å²) in [5, 5.41) is 0. The summed E-state index contributed by atoms with van der Waals surface area (Å²) in [7, 11) is 0. The Kier molecular flexibility index (Phi) is 4.22. The summed E-state index contributed by atoms with van der Waals surface area (Å²) in [5.41, 5.74) is 8.37. The van der Waals surface area contributed by atoms with Crippen LogP contribution in [0.5, 0.6) is 5.75 Å². The lowest BCUT2D eigenvalue weighted by atomic mass is 9.81. The highest BCUT2D eigenvalue weighted by Gasteiger charge is 2.31. The lowest BCUT2D eigenvalue weighted by Gasteiger charge is -2.26. The number of ether oxygens (including phenoxy) is 1. The second-order valence-corrected chi connectivity index (χ2v) is 6.37. The second kappa shape index (κ2) is 6.19. The summed E-state index contributed by atoms with van der Waals surface area (Å²) in [5.74, 6) is 0.147. The van der Waals surface area contributed by atoms with Gasteiger partial charge in [0.15, 0.2) is 5.78 Å². The number of aromatic nitrogens is 2. The van der Waals surface area contributed by atoms with Crippen molar-refractivity contribution < 1.29 is 13.9 Å². The number of nitrogen functional groups attached to an aromatic ring is 1. The number of aryl methyl sites for hydroxylation is 1. The lowest BCUT2D eigenvalue weighted by molar-refractivity contribution is 0.0961. The van der Waals surface area contributed by atoms with Crippen molar-refractivity contribution in [2.75, 3.05) is 5.73 Å². The molecule has 0 bridgehead atoms.